The van der Waals surface area contributed by atoms with Crippen molar-refractivity contribution in [3.05, 3.63) is 120 Å². The minimum Gasteiger partial charge on any atom is -0.493 e. The van der Waals surface area contributed by atoms with Gasteiger partial charge in [-0.25, -0.2) is 18.0 Å². The lowest BCUT2D eigenvalue weighted by Gasteiger charge is -2.11. The fourth-order valence-corrected chi connectivity index (χ4v) is 3.60. The van der Waals surface area contributed by atoms with Gasteiger partial charge in [-0.1, -0.05) is 60.2 Å². The highest BCUT2D eigenvalue weighted by Crippen LogP contribution is 2.32. The number of ether oxygens (including phenoxy) is 2. The van der Waals surface area contributed by atoms with Crippen LogP contribution in [0.2, 0.25) is 0 Å². The van der Waals surface area contributed by atoms with Crippen molar-refractivity contribution in [1.82, 2.24) is 0 Å². The SMILES string of the molecule is C=CCCOc1ccc(C(=O)Oc2ccc(-c3ccc(-c4ccc(C)cc4)c(F)c3F)cc2)c(F)c1. The Morgan fingerprint density at radius 2 is 1.36 bits per heavy atom. The first kappa shape index (κ1) is 24.8. The van der Waals surface area contributed by atoms with Gasteiger partial charge in [0.05, 0.1) is 12.2 Å². The molecule has 6 heteroatoms. The van der Waals surface area contributed by atoms with Crippen LogP contribution in [-0.4, -0.2) is 12.6 Å². The Balaban J connectivity index is 1.48. The molecular formula is C30H23F3O3. The van der Waals surface area contributed by atoms with Gasteiger partial charge in [0.15, 0.2) is 11.6 Å². The second-order valence-electron chi connectivity index (χ2n) is 8.14. The Morgan fingerprint density at radius 1 is 0.806 bits per heavy atom. The molecule has 182 valence electrons. The van der Waals surface area contributed by atoms with Crippen LogP contribution in [0.25, 0.3) is 22.3 Å². The average molecular weight is 489 g/mol. The van der Waals surface area contributed by atoms with Crippen molar-refractivity contribution >= 4 is 5.97 Å². The van der Waals surface area contributed by atoms with Crippen LogP contribution in [0.5, 0.6) is 11.5 Å². The lowest BCUT2D eigenvalue weighted by molar-refractivity contribution is 0.0730. The molecule has 0 spiro atoms. The molecular weight excluding hydrogens is 465 g/mol. The number of carbonyl (C=O) groups is 1. The Hall–Kier alpha value is -4.32. The first-order chi connectivity index (χ1) is 17.4. The van der Waals surface area contributed by atoms with Crippen molar-refractivity contribution in [2.24, 2.45) is 0 Å². The summed E-state index contributed by atoms with van der Waals surface area (Å²) < 4.78 is 54.7. The van der Waals surface area contributed by atoms with Gasteiger partial charge in [-0.2, -0.15) is 0 Å². The van der Waals surface area contributed by atoms with Crippen molar-refractivity contribution in [3.8, 4) is 33.8 Å². The molecule has 0 aliphatic carbocycles. The van der Waals surface area contributed by atoms with Gasteiger partial charge in [0.2, 0.25) is 0 Å². The summed E-state index contributed by atoms with van der Waals surface area (Å²) in [6, 6.07) is 19.9. The molecule has 3 nitrogen and oxygen atoms in total. The van der Waals surface area contributed by atoms with E-state index in [1.165, 1.54) is 48.5 Å². The van der Waals surface area contributed by atoms with Gasteiger partial charge in [-0.3, -0.25) is 0 Å². The topological polar surface area (TPSA) is 35.5 Å². The van der Waals surface area contributed by atoms with Gasteiger partial charge in [-0.05, 0) is 48.7 Å². The fraction of sp³-hybridized carbons (Fsp3) is 0.100. The maximum Gasteiger partial charge on any atom is 0.346 e. The van der Waals surface area contributed by atoms with Crippen LogP contribution in [0.15, 0.2) is 91.5 Å². The summed E-state index contributed by atoms with van der Waals surface area (Å²) in [6.07, 6.45) is 2.29. The van der Waals surface area contributed by atoms with Gasteiger partial charge in [0.25, 0.3) is 0 Å². The van der Waals surface area contributed by atoms with E-state index in [4.69, 9.17) is 9.47 Å². The number of esters is 1. The molecule has 4 rings (SSSR count). The third-order valence-corrected chi connectivity index (χ3v) is 5.57. The summed E-state index contributed by atoms with van der Waals surface area (Å²) in [5.41, 5.74) is 1.98. The standard InChI is InChI=1S/C30H23F3O3/c1-3-4-17-35-23-13-14-26(27(31)18-23)30(34)36-22-11-9-21(10-12-22)25-16-15-24(28(32)29(25)33)20-7-5-19(2)6-8-20/h3,5-16,18H,1,4,17H2,2H3. The van der Waals surface area contributed by atoms with Crippen molar-refractivity contribution in [2.45, 2.75) is 13.3 Å². The van der Waals surface area contributed by atoms with E-state index in [9.17, 15) is 18.0 Å². The van der Waals surface area contributed by atoms with E-state index in [1.54, 1.807) is 18.2 Å². The number of hydrogen-bond donors (Lipinski definition) is 0. The molecule has 0 aliphatic heterocycles. The van der Waals surface area contributed by atoms with Crippen molar-refractivity contribution in [3.63, 3.8) is 0 Å². The summed E-state index contributed by atoms with van der Waals surface area (Å²) in [5, 5.41) is 0. The molecule has 0 unspecified atom stereocenters. The smallest absolute Gasteiger partial charge is 0.346 e. The zero-order valence-electron chi connectivity index (χ0n) is 19.6. The van der Waals surface area contributed by atoms with E-state index in [2.05, 4.69) is 6.58 Å². The monoisotopic (exact) mass is 488 g/mol. The van der Waals surface area contributed by atoms with E-state index in [-0.39, 0.29) is 28.2 Å². The molecule has 4 aromatic rings. The van der Waals surface area contributed by atoms with Gasteiger partial charge >= 0.3 is 5.97 Å². The second-order valence-corrected chi connectivity index (χ2v) is 8.14. The van der Waals surface area contributed by atoms with Crippen LogP contribution in [0.1, 0.15) is 22.3 Å². The molecule has 0 bridgehead atoms. The zero-order valence-corrected chi connectivity index (χ0v) is 19.6. The van der Waals surface area contributed by atoms with Crippen molar-refractivity contribution in [1.29, 1.82) is 0 Å². The van der Waals surface area contributed by atoms with Crippen LogP contribution >= 0.6 is 0 Å². The largest absolute Gasteiger partial charge is 0.493 e. The number of benzene rings is 4. The minimum absolute atomic E-state index is 0.0688. The molecule has 4 aromatic carbocycles. The van der Waals surface area contributed by atoms with Crippen molar-refractivity contribution in [2.75, 3.05) is 6.61 Å². The average Bonchev–Trinajstić information content (AvgIpc) is 2.87. The highest BCUT2D eigenvalue weighted by Gasteiger charge is 2.18. The Morgan fingerprint density at radius 3 is 1.92 bits per heavy atom. The van der Waals surface area contributed by atoms with Crippen LogP contribution in [0, 0.1) is 24.4 Å². The molecule has 36 heavy (non-hydrogen) atoms. The predicted molar refractivity (Wildman–Crippen MR) is 134 cm³/mol. The Bertz CT molecular complexity index is 1390. The summed E-state index contributed by atoms with van der Waals surface area (Å²) >= 11 is 0. The molecule has 0 amide bonds. The van der Waals surface area contributed by atoms with Crippen LogP contribution in [0.3, 0.4) is 0 Å². The summed E-state index contributed by atoms with van der Waals surface area (Å²) in [4.78, 5) is 12.4. The molecule has 0 aromatic heterocycles. The zero-order chi connectivity index (χ0) is 25.7. The molecule has 0 saturated carbocycles. The van der Waals surface area contributed by atoms with E-state index >= 15 is 0 Å². The highest BCUT2D eigenvalue weighted by molar-refractivity contribution is 5.91. The van der Waals surface area contributed by atoms with Crippen LogP contribution in [0.4, 0.5) is 13.2 Å². The maximum atomic E-state index is 14.9. The first-order valence-electron chi connectivity index (χ1n) is 11.3. The quantitative estimate of drug-likeness (QED) is 0.109. The summed E-state index contributed by atoms with van der Waals surface area (Å²) in [5.74, 6) is -3.17. The lowest BCUT2D eigenvalue weighted by Crippen LogP contribution is -2.11. The van der Waals surface area contributed by atoms with Crippen molar-refractivity contribution < 1.29 is 27.4 Å². The van der Waals surface area contributed by atoms with Gasteiger partial charge in [0.1, 0.15) is 17.3 Å². The Labute approximate surface area is 207 Å². The number of halogens is 3. The maximum absolute atomic E-state index is 14.9. The van der Waals surface area contributed by atoms with E-state index in [0.29, 0.717) is 24.2 Å². The van der Waals surface area contributed by atoms with Crippen LogP contribution in [-0.2, 0) is 0 Å². The predicted octanol–water partition coefficient (Wildman–Crippen LogP) is 7.92. The minimum atomic E-state index is -0.977. The van der Waals surface area contributed by atoms with Crippen LogP contribution < -0.4 is 9.47 Å². The van der Waals surface area contributed by atoms with Gasteiger partial charge in [0, 0.05) is 17.2 Å². The van der Waals surface area contributed by atoms with E-state index in [1.807, 2.05) is 19.1 Å². The molecule has 0 saturated heterocycles. The normalized spacial score (nSPS) is 10.7. The van der Waals surface area contributed by atoms with Gasteiger partial charge < -0.3 is 9.47 Å². The van der Waals surface area contributed by atoms with Gasteiger partial charge in [-0.15, -0.1) is 6.58 Å². The number of aryl methyl sites for hydroxylation is 1. The van der Waals surface area contributed by atoms with E-state index in [0.717, 1.165) is 11.6 Å². The summed E-state index contributed by atoms with van der Waals surface area (Å²) in [7, 11) is 0. The molecule has 0 N–H and O–H groups in total. The molecule has 0 atom stereocenters. The summed E-state index contributed by atoms with van der Waals surface area (Å²) in [6.45, 7) is 5.84. The first-order valence-corrected chi connectivity index (χ1v) is 11.3. The fourth-order valence-electron chi connectivity index (χ4n) is 3.60. The lowest BCUT2D eigenvalue weighted by atomic mass is 9.98. The Kier molecular flexibility index (Phi) is 7.54. The van der Waals surface area contributed by atoms with E-state index < -0.39 is 23.4 Å². The molecule has 0 aliphatic rings. The third kappa shape index (κ3) is 5.49. The number of carbonyl (C=O) groups excluding carboxylic acids is 1. The second kappa shape index (κ2) is 11.0. The number of hydrogen-bond acceptors (Lipinski definition) is 3. The highest BCUT2D eigenvalue weighted by atomic mass is 19.2. The molecule has 0 heterocycles. The molecule has 0 radical (unpaired) electrons. The third-order valence-electron chi connectivity index (χ3n) is 5.57. The molecule has 0 fully saturated rings. The number of rotatable bonds is 8.